The summed E-state index contributed by atoms with van der Waals surface area (Å²) in [6.07, 6.45) is 3.79. The fourth-order valence-electron chi connectivity index (χ4n) is 4.11. The third-order valence-corrected chi connectivity index (χ3v) is 5.74. The number of anilines is 3. The first kappa shape index (κ1) is 18.8. The highest BCUT2D eigenvalue weighted by atomic mass is 15.3. The van der Waals surface area contributed by atoms with Gasteiger partial charge in [-0.2, -0.15) is 5.10 Å². The van der Waals surface area contributed by atoms with Gasteiger partial charge in [0.1, 0.15) is 5.52 Å². The Labute approximate surface area is 176 Å². The Hall–Kier alpha value is -3.19. The maximum atomic E-state index is 4.87. The topological polar surface area (TPSA) is 70.9 Å². The summed E-state index contributed by atoms with van der Waals surface area (Å²) in [5.41, 5.74) is 5.45. The lowest BCUT2D eigenvalue weighted by Crippen LogP contribution is -2.43. The summed E-state index contributed by atoms with van der Waals surface area (Å²) in [5.74, 6) is 0.601. The molecule has 0 bridgehead atoms. The van der Waals surface area contributed by atoms with Gasteiger partial charge in [-0.1, -0.05) is 12.1 Å². The highest BCUT2D eigenvalue weighted by molar-refractivity contribution is 6.03. The largest absolute Gasteiger partial charge is 0.369 e. The summed E-state index contributed by atoms with van der Waals surface area (Å²) in [4.78, 5) is 11.8. The molecule has 0 aliphatic carbocycles. The Morgan fingerprint density at radius 2 is 1.83 bits per heavy atom. The number of aromatic nitrogens is 4. The highest BCUT2D eigenvalue weighted by Crippen LogP contribution is 2.28. The molecule has 5 rings (SSSR count). The number of rotatable bonds is 4. The van der Waals surface area contributed by atoms with Crippen LogP contribution in [-0.4, -0.2) is 45.9 Å². The van der Waals surface area contributed by atoms with E-state index in [2.05, 4.69) is 76.7 Å². The average Bonchev–Trinajstić information content (AvgIpc) is 3.21. The number of aryl methyl sites for hydroxylation is 1. The van der Waals surface area contributed by atoms with E-state index in [0.717, 1.165) is 53.7 Å². The lowest BCUT2D eigenvalue weighted by molar-refractivity contribution is 0.552. The molecule has 1 fully saturated rings. The number of piperazine rings is 1. The second kappa shape index (κ2) is 7.57. The third-order valence-electron chi connectivity index (χ3n) is 5.74. The van der Waals surface area contributed by atoms with Crippen molar-refractivity contribution in [1.82, 2.24) is 25.1 Å². The van der Waals surface area contributed by atoms with Crippen LogP contribution in [0.5, 0.6) is 0 Å². The smallest absolute Gasteiger partial charge is 0.227 e. The first-order chi connectivity index (χ1) is 14.6. The van der Waals surface area contributed by atoms with Gasteiger partial charge in [-0.05, 0) is 44.5 Å². The van der Waals surface area contributed by atoms with Crippen molar-refractivity contribution in [3.8, 4) is 0 Å². The van der Waals surface area contributed by atoms with E-state index in [1.807, 2.05) is 17.1 Å². The molecule has 2 N–H and O–H groups in total. The van der Waals surface area contributed by atoms with Gasteiger partial charge in [0.05, 0.1) is 11.7 Å². The predicted molar refractivity (Wildman–Crippen MR) is 123 cm³/mol. The number of benzene rings is 2. The summed E-state index contributed by atoms with van der Waals surface area (Å²) < 4.78 is 2.03. The SMILES string of the molecule is Cc1cc(N2CCNCC2)ccc1Nc1ncc2ccc3cnn(C(C)C)c3c2n1. The molecule has 4 aromatic rings. The first-order valence-electron chi connectivity index (χ1n) is 10.6. The van der Waals surface area contributed by atoms with Crippen molar-refractivity contribution in [3.63, 3.8) is 0 Å². The molecule has 1 saturated heterocycles. The zero-order chi connectivity index (χ0) is 20.7. The van der Waals surface area contributed by atoms with Crippen LogP contribution in [0, 0.1) is 6.92 Å². The van der Waals surface area contributed by atoms with Crippen LogP contribution in [-0.2, 0) is 0 Å². The third kappa shape index (κ3) is 3.35. The number of nitrogens with zero attached hydrogens (tertiary/aromatic N) is 5. The van der Waals surface area contributed by atoms with Crippen LogP contribution < -0.4 is 15.5 Å². The maximum absolute atomic E-state index is 4.87. The first-order valence-corrected chi connectivity index (χ1v) is 10.6. The summed E-state index contributed by atoms with van der Waals surface area (Å²) >= 11 is 0. The second-order valence-corrected chi connectivity index (χ2v) is 8.18. The molecule has 154 valence electrons. The monoisotopic (exact) mass is 401 g/mol. The van der Waals surface area contributed by atoms with E-state index in [1.54, 1.807) is 0 Å². The van der Waals surface area contributed by atoms with Crippen LogP contribution in [0.15, 0.2) is 42.7 Å². The van der Waals surface area contributed by atoms with Crippen molar-refractivity contribution in [1.29, 1.82) is 0 Å². The van der Waals surface area contributed by atoms with Gasteiger partial charge < -0.3 is 15.5 Å². The minimum absolute atomic E-state index is 0.263. The molecule has 0 spiro atoms. The van der Waals surface area contributed by atoms with Gasteiger partial charge in [0.2, 0.25) is 5.95 Å². The number of hydrogen-bond acceptors (Lipinski definition) is 6. The van der Waals surface area contributed by atoms with Crippen LogP contribution in [0.2, 0.25) is 0 Å². The normalized spacial score (nSPS) is 14.7. The minimum Gasteiger partial charge on any atom is -0.369 e. The van der Waals surface area contributed by atoms with E-state index < -0.39 is 0 Å². The van der Waals surface area contributed by atoms with Crippen molar-refractivity contribution >= 4 is 39.1 Å². The molecule has 1 aliphatic rings. The molecule has 2 aromatic carbocycles. The standard InChI is InChI=1S/C23H27N7/c1-15(2)30-22-18(14-26-30)5-4-17-13-25-23(28-21(17)22)27-20-7-6-19(12-16(20)3)29-10-8-24-9-11-29/h4-7,12-15,24H,8-11H2,1-3H3,(H,25,27,28). The van der Waals surface area contributed by atoms with Gasteiger partial charge >= 0.3 is 0 Å². The van der Waals surface area contributed by atoms with E-state index >= 15 is 0 Å². The Kier molecular flexibility index (Phi) is 4.75. The Bertz CT molecular complexity index is 1210. The van der Waals surface area contributed by atoms with E-state index in [4.69, 9.17) is 4.98 Å². The molecule has 0 unspecified atom stereocenters. The molecule has 7 heteroatoms. The van der Waals surface area contributed by atoms with E-state index in [-0.39, 0.29) is 6.04 Å². The Morgan fingerprint density at radius 3 is 2.60 bits per heavy atom. The van der Waals surface area contributed by atoms with Crippen LogP contribution in [0.3, 0.4) is 0 Å². The van der Waals surface area contributed by atoms with Crippen molar-refractivity contribution in [2.45, 2.75) is 26.8 Å². The molecular weight excluding hydrogens is 374 g/mol. The molecule has 2 aromatic heterocycles. The molecule has 1 aliphatic heterocycles. The van der Waals surface area contributed by atoms with Gasteiger partial charge in [-0.25, -0.2) is 9.97 Å². The molecule has 3 heterocycles. The Balaban J connectivity index is 1.49. The van der Waals surface area contributed by atoms with Gasteiger partial charge in [0, 0.05) is 60.6 Å². The number of fused-ring (bicyclic) bond motifs is 3. The van der Waals surface area contributed by atoms with Crippen LogP contribution in [0.25, 0.3) is 21.8 Å². The molecule has 30 heavy (non-hydrogen) atoms. The van der Waals surface area contributed by atoms with Gasteiger partial charge in [-0.15, -0.1) is 0 Å². The zero-order valence-electron chi connectivity index (χ0n) is 17.7. The quantitative estimate of drug-likeness (QED) is 0.538. The zero-order valence-corrected chi connectivity index (χ0v) is 17.7. The summed E-state index contributed by atoms with van der Waals surface area (Å²) in [7, 11) is 0. The van der Waals surface area contributed by atoms with Crippen LogP contribution in [0.4, 0.5) is 17.3 Å². The fraction of sp³-hybridized carbons (Fsp3) is 0.348. The van der Waals surface area contributed by atoms with Crippen molar-refractivity contribution < 1.29 is 0 Å². The molecule has 7 nitrogen and oxygen atoms in total. The Morgan fingerprint density at radius 1 is 1.03 bits per heavy atom. The molecule has 0 amide bonds. The summed E-state index contributed by atoms with van der Waals surface area (Å²) in [6, 6.07) is 10.9. The lowest BCUT2D eigenvalue weighted by atomic mass is 10.1. The van der Waals surface area contributed by atoms with Crippen LogP contribution >= 0.6 is 0 Å². The number of hydrogen-bond donors (Lipinski definition) is 2. The number of nitrogens with one attached hydrogen (secondary N) is 2. The molecular formula is C23H27N7. The fourth-order valence-corrected chi connectivity index (χ4v) is 4.11. The summed E-state index contributed by atoms with van der Waals surface area (Å²) in [6.45, 7) is 10.5. The van der Waals surface area contributed by atoms with Crippen molar-refractivity contribution in [3.05, 3.63) is 48.3 Å². The van der Waals surface area contributed by atoms with E-state index in [0.29, 0.717) is 5.95 Å². The predicted octanol–water partition coefficient (Wildman–Crippen LogP) is 4.02. The van der Waals surface area contributed by atoms with Crippen LogP contribution in [0.1, 0.15) is 25.5 Å². The second-order valence-electron chi connectivity index (χ2n) is 8.18. The minimum atomic E-state index is 0.263. The van der Waals surface area contributed by atoms with Crippen molar-refractivity contribution in [2.24, 2.45) is 0 Å². The molecule has 0 radical (unpaired) electrons. The lowest BCUT2D eigenvalue weighted by Gasteiger charge is -2.30. The van der Waals surface area contributed by atoms with Gasteiger partial charge in [-0.3, -0.25) is 4.68 Å². The van der Waals surface area contributed by atoms with E-state index in [9.17, 15) is 0 Å². The molecule has 0 saturated carbocycles. The van der Waals surface area contributed by atoms with Gasteiger partial charge in [0.15, 0.2) is 0 Å². The van der Waals surface area contributed by atoms with Gasteiger partial charge in [0.25, 0.3) is 0 Å². The van der Waals surface area contributed by atoms with Crippen molar-refractivity contribution in [2.75, 3.05) is 36.4 Å². The average molecular weight is 402 g/mol. The van der Waals surface area contributed by atoms with E-state index in [1.165, 1.54) is 11.3 Å². The summed E-state index contributed by atoms with van der Waals surface area (Å²) in [5, 5.41) is 13.5. The highest BCUT2D eigenvalue weighted by Gasteiger charge is 2.14. The molecule has 0 atom stereocenters. The maximum Gasteiger partial charge on any atom is 0.227 e.